The van der Waals surface area contributed by atoms with Gasteiger partial charge in [0, 0.05) is 16.3 Å². The van der Waals surface area contributed by atoms with Crippen LogP contribution in [-0.4, -0.2) is 27.1 Å². The molecule has 0 saturated carbocycles. The summed E-state index contributed by atoms with van der Waals surface area (Å²) in [5.41, 5.74) is 0.142. The highest BCUT2D eigenvalue weighted by Gasteiger charge is 2.14. The maximum absolute atomic E-state index is 11.2. The van der Waals surface area contributed by atoms with Crippen molar-refractivity contribution in [2.24, 2.45) is 0 Å². The van der Waals surface area contributed by atoms with Crippen molar-refractivity contribution in [3.63, 3.8) is 0 Å². The molecule has 2 rings (SSSR count). The predicted octanol–water partition coefficient (Wildman–Crippen LogP) is 0.897. The van der Waals surface area contributed by atoms with Crippen molar-refractivity contribution in [2.75, 3.05) is 0 Å². The molecule has 1 aromatic heterocycles. The number of carbonyl (C=O) groups excluding carboxylic acids is 1. The van der Waals surface area contributed by atoms with Crippen LogP contribution in [0, 0.1) is 0 Å². The summed E-state index contributed by atoms with van der Waals surface area (Å²) in [6.45, 7) is 0. The molecule has 2 aromatic rings. The molecule has 0 saturated heterocycles. The first-order valence-electron chi connectivity index (χ1n) is 4.16. The van der Waals surface area contributed by atoms with E-state index < -0.39 is 11.8 Å². The van der Waals surface area contributed by atoms with Crippen LogP contribution < -0.4 is 0 Å². The van der Waals surface area contributed by atoms with Gasteiger partial charge in [-0.15, -0.1) is 0 Å². The number of carbonyl (C=O) groups is 2. The molecule has 0 atom stereocenters. The maximum atomic E-state index is 11.2. The summed E-state index contributed by atoms with van der Waals surface area (Å²) in [5.74, 6) is -2.38. The Morgan fingerprint density at radius 2 is 1.73 bits per heavy atom. The SMILES string of the molecule is O=C(O)C(=O)c1ccc2cnncc2c1. The van der Waals surface area contributed by atoms with E-state index in [2.05, 4.69) is 10.2 Å². The molecule has 1 aromatic carbocycles. The van der Waals surface area contributed by atoms with Crippen molar-refractivity contribution in [1.82, 2.24) is 10.2 Å². The quantitative estimate of drug-likeness (QED) is 0.578. The fourth-order valence-corrected chi connectivity index (χ4v) is 1.26. The first-order chi connectivity index (χ1) is 7.18. The van der Waals surface area contributed by atoms with Gasteiger partial charge < -0.3 is 5.11 Å². The van der Waals surface area contributed by atoms with Gasteiger partial charge in [-0.3, -0.25) is 4.79 Å². The summed E-state index contributed by atoms with van der Waals surface area (Å²) in [7, 11) is 0. The fourth-order valence-electron chi connectivity index (χ4n) is 1.26. The second kappa shape index (κ2) is 3.45. The third-order valence-electron chi connectivity index (χ3n) is 2.00. The van der Waals surface area contributed by atoms with Gasteiger partial charge in [-0.1, -0.05) is 12.1 Å². The number of hydrogen-bond acceptors (Lipinski definition) is 4. The number of carboxylic acids is 1. The molecule has 0 amide bonds. The van der Waals surface area contributed by atoms with Crippen molar-refractivity contribution in [3.8, 4) is 0 Å². The lowest BCUT2D eigenvalue weighted by atomic mass is 10.1. The van der Waals surface area contributed by atoms with E-state index in [1.54, 1.807) is 12.3 Å². The lowest BCUT2D eigenvalue weighted by Gasteiger charge is -1.98. The summed E-state index contributed by atoms with van der Waals surface area (Å²) in [6, 6.07) is 4.58. The number of carboxylic acid groups (broad SMARTS) is 1. The molecule has 1 N–H and O–H groups in total. The second-order valence-electron chi connectivity index (χ2n) is 2.97. The van der Waals surface area contributed by atoms with Crippen LogP contribution in [0.5, 0.6) is 0 Å². The number of aromatic nitrogens is 2. The highest BCUT2D eigenvalue weighted by Crippen LogP contribution is 2.13. The molecule has 0 aliphatic heterocycles. The molecule has 0 radical (unpaired) electrons. The van der Waals surface area contributed by atoms with E-state index in [1.165, 1.54) is 18.3 Å². The first-order valence-corrected chi connectivity index (χ1v) is 4.16. The molecule has 0 bridgehead atoms. The Labute approximate surface area is 84.4 Å². The van der Waals surface area contributed by atoms with E-state index in [0.717, 1.165) is 5.39 Å². The summed E-state index contributed by atoms with van der Waals surface area (Å²) in [5, 5.41) is 17.4. The number of nitrogens with zero attached hydrogens (tertiary/aromatic N) is 2. The van der Waals surface area contributed by atoms with Gasteiger partial charge in [0.2, 0.25) is 0 Å². The zero-order valence-corrected chi connectivity index (χ0v) is 7.54. The lowest BCUT2D eigenvalue weighted by Crippen LogP contribution is -2.12. The van der Waals surface area contributed by atoms with Gasteiger partial charge in [-0.05, 0) is 6.07 Å². The molecule has 1 heterocycles. The smallest absolute Gasteiger partial charge is 0.377 e. The third-order valence-corrected chi connectivity index (χ3v) is 2.00. The second-order valence-corrected chi connectivity index (χ2v) is 2.97. The lowest BCUT2D eigenvalue weighted by molar-refractivity contribution is -0.131. The minimum Gasteiger partial charge on any atom is -0.475 e. The number of ketones is 1. The first kappa shape index (κ1) is 9.26. The number of benzene rings is 1. The van der Waals surface area contributed by atoms with E-state index in [4.69, 9.17) is 5.11 Å². The molecular formula is C10H6N2O3. The van der Waals surface area contributed by atoms with Crippen LogP contribution in [0.15, 0.2) is 30.6 Å². The van der Waals surface area contributed by atoms with E-state index >= 15 is 0 Å². The van der Waals surface area contributed by atoms with E-state index in [1.807, 2.05) is 0 Å². The van der Waals surface area contributed by atoms with Crippen molar-refractivity contribution in [2.45, 2.75) is 0 Å². The Bertz CT molecular complexity index is 551. The Hall–Kier alpha value is -2.30. The van der Waals surface area contributed by atoms with E-state index in [9.17, 15) is 9.59 Å². The molecule has 0 aliphatic carbocycles. The Balaban J connectivity index is 2.56. The van der Waals surface area contributed by atoms with Gasteiger partial charge in [0.15, 0.2) is 0 Å². The minimum atomic E-state index is -1.46. The van der Waals surface area contributed by atoms with Crippen molar-refractivity contribution in [3.05, 3.63) is 36.2 Å². The number of Topliss-reactive ketones (excluding diaryl/α,β-unsaturated/α-hetero) is 1. The molecule has 0 fully saturated rings. The molecular weight excluding hydrogens is 196 g/mol. The zero-order valence-electron chi connectivity index (χ0n) is 7.54. The largest absolute Gasteiger partial charge is 0.475 e. The van der Waals surface area contributed by atoms with Crippen LogP contribution in [-0.2, 0) is 4.79 Å². The standard InChI is InChI=1S/C10H6N2O3/c13-9(10(14)15)6-1-2-7-4-11-12-5-8(7)3-6/h1-5H,(H,14,15). The van der Waals surface area contributed by atoms with Gasteiger partial charge in [0.05, 0.1) is 12.4 Å². The van der Waals surface area contributed by atoms with Crippen LogP contribution in [0.4, 0.5) is 0 Å². The Morgan fingerprint density at radius 1 is 1.07 bits per heavy atom. The van der Waals surface area contributed by atoms with Gasteiger partial charge in [-0.25, -0.2) is 4.79 Å². The van der Waals surface area contributed by atoms with Crippen LogP contribution in [0.25, 0.3) is 10.8 Å². The molecule has 0 unspecified atom stereocenters. The summed E-state index contributed by atoms with van der Waals surface area (Å²) < 4.78 is 0. The van der Waals surface area contributed by atoms with Crippen molar-refractivity contribution < 1.29 is 14.7 Å². The van der Waals surface area contributed by atoms with Crippen molar-refractivity contribution >= 4 is 22.5 Å². The summed E-state index contributed by atoms with van der Waals surface area (Å²) in [6.07, 6.45) is 3.03. The number of aliphatic carboxylic acids is 1. The zero-order chi connectivity index (χ0) is 10.8. The van der Waals surface area contributed by atoms with Gasteiger partial charge in [-0.2, -0.15) is 10.2 Å². The fraction of sp³-hybridized carbons (Fsp3) is 0. The topological polar surface area (TPSA) is 80.1 Å². The molecule has 5 nitrogen and oxygen atoms in total. The monoisotopic (exact) mass is 202 g/mol. The van der Waals surface area contributed by atoms with E-state index in [0.29, 0.717) is 5.39 Å². The number of rotatable bonds is 2. The normalized spacial score (nSPS) is 10.1. The highest BCUT2D eigenvalue weighted by atomic mass is 16.4. The molecule has 5 heteroatoms. The van der Waals surface area contributed by atoms with Crippen LogP contribution in [0.2, 0.25) is 0 Å². The summed E-state index contributed by atoms with van der Waals surface area (Å²) in [4.78, 5) is 21.6. The Morgan fingerprint density at radius 3 is 2.40 bits per heavy atom. The number of fused-ring (bicyclic) bond motifs is 1. The van der Waals surface area contributed by atoms with Gasteiger partial charge >= 0.3 is 5.97 Å². The van der Waals surface area contributed by atoms with Crippen LogP contribution >= 0.6 is 0 Å². The maximum Gasteiger partial charge on any atom is 0.377 e. The molecule has 0 aliphatic rings. The van der Waals surface area contributed by atoms with E-state index in [-0.39, 0.29) is 5.56 Å². The molecule has 0 spiro atoms. The highest BCUT2D eigenvalue weighted by molar-refractivity contribution is 6.40. The minimum absolute atomic E-state index is 0.142. The van der Waals surface area contributed by atoms with Gasteiger partial charge in [0.25, 0.3) is 5.78 Å². The molecule has 74 valence electrons. The third kappa shape index (κ3) is 1.67. The molecule has 15 heavy (non-hydrogen) atoms. The predicted molar refractivity (Wildman–Crippen MR) is 51.5 cm³/mol. The van der Waals surface area contributed by atoms with Crippen LogP contribution in [0.3, 0.4) is 0 Å². The van der Waals surface area contributed by atoms with Crippen molar-refractivity contribution in [1.29, 1.82) is 0 Å². The summed E-state index contributed by atoms with van der Waals surface area (Å²) >= 11 is 0. The average molecular weight is 202 g/mol. The Kier molecular flexibility index (Phi) is 2.13. The number of hydrogen-bond donors (Lipinski definition) is 1. The van der Waals surface area contributed by atoms with Crippen LogP contribution in [0.1, 0.15) is 10.4 Å². The van der Waals surface area contributed by atoms with Gasteiger partial charge in [0.1, 0.15) is 0 Å². The average Bonchev–Trinajstić information content (AvgIpc) is 2.27.